The number of nitrogens with two attached hydrogens (primary N) is 1. The van der Waals surface area contributed by atoms with Gasteiger partial charge < -0.3 is 10.5 Å². The third kappa shape index (κ3) is 3.83. The van der Waals surface area contributed by atoms with E-state index in [0.717, 1.165) is 12.8 Å². The molecule has 0 fully saturated rings. The number of hydrogen-bond acceptors (Lipinski definition) is 3. The molecule has 12 heavy (non-hydrogen) atoms. The maximum Gasteiger partial charge on any atom is 0.154 e. The van der Waals surface area contributed by atoms with Gasteiger partial charge in [0, 0.05) is 13.0 Å². The number of methoxy groups -OCH3 is 1. The van der Waals surface area contributed by atoms with Crippen LogP contribution in [0.1, 0.15) is 26.7 Å². The molecule has 3 nitrogen and oxygen atoms in total. The number of carbonyl (C=O) groups is 1. The Morgan fingerprint density at radius 1 is 1.58 bits per heavy atom. The maximum absolute atomic E-state index is 11.4. The highest BCUT2D eigenvalue weighted by atomic mass is 16.5. The van der Waals surface area contributed by atoms with Crippen molar-refractivity contribution in [2.24, 2.45) is 11.7 Å². The van der Waals surface area contributed by atoms with Crippen LogP contribution in [0.3, 0.4) is 0 Å². The lowest BCUT2D eigenvalue weighted by atomic mass is 9.96. The summed E-state index contributed by atoms with van der Waals surface area (Å²) in [6.45, 7) is 4.31. The van der Waals surface area contributed by atoms with E-state index < -0.39 is 6.04 Å². The average molecular weight is 173 g/mol. The third-order valence-corrected chi connectivity index (χ3v) is 1.92. The number of Topliss-reactive ketones (excluding diaryl/α,β-unsaturated/α-hetero) is 1. The van der Waals surface area contributed by atoms with Gasteiger partial charge in [-0.3, -0.25) is 4.79 Å². The van der Waals surface area contributed by atoms with Crippen LogP contribution in [-0.4, -0.2) is 25.5 Å². The molecule has 0 bridgehead atoms. The number of rotatable bonds is 6. The highest BCUT2D eigenvalue weighted by Crippen LogP contribution is 2.07. The first-order chi connectivity index (χ1) is 5.63. The molecule has 2 unspecified atom stereocenters. The Bertz CT molecular complexity index is 122. The summed E-state index contributed by atoms with van der Waals surface area (Å²) in [4.78, 5) is 11.4. The molecule has 2 atom stereocenters. The van der Waals surface area contributed by atoms with Crippen LogP contribution in [0.15, 0.2) is 0 Å². The smallest absolute Gasteiger partial charge is 0.154 e. The van der Waals surface area contributed by atoms with Gasteiger partial charge in [0.05, 0.1) is 12.6 Å². The molecule has 0 aromatic rings. The van der Waals surface area contributed by atoms with Crippen molar-refractivity contribution in [3.63, 3.8) is 0 Å². The van der Waals surface area contributed by atoms with Crippen molar-refractivity contribution in [3.8, 4) is 0 Å². The molecule has 0 aromatic heterocycles. The molecule has 0 spiro atoms. The average Bonchev–Trinajstić information content (AvgIpc) is 2.04. The number of carbonyl (C=O) groups excluding carboxylic acids is 1. The Morgan fingerprint density at radius 2 is 2.17 bits per heavy atom. The predicted octanol–water partition coefficient (Wildman–Crippen LogP) is 0.965. The molecule has 3 heteroatoms. The first-order valence-electron chi connectivity index (χ1n) is 4.41. The molecule has 0 aliphatic heterocycles. The van der Waals surface area contributed by atoms with E-state index in [1.165, 1.54) is 0 Å². The normalized spacial score (nSPS) is 15.7. The standard InChI is InChI=1S/C9H19NO2/c1-4-5-7(2)9(11)8(10)6-12-3/h7-8H,4-6,10H2,1-3H3. The fourth-order valence-corrected chi connectivity index (χ4v) is 1.20. The van der Waals surface area contributed by atoms with E-state index in [1.807, 2.05) is 6.92 Å². The zero-order valence-corrected chi connectivity index (χ0v) is 8.17. The van der Waals surface area contributed by atoms with Crippen molar-refractivity contribution in [1.29, 1.82) is 0 Å². The van der Waals surface area contributed by atoms with Gasteiger partial charge in [0.2, 0.25) is 0 Å². The predicted molar refractivity (Wildman–Crippen MR) is 48.9 cm³/mol. The molecular formula is C9H19NO2. The summed E-state index contributed by atoms with van der Waals surface area (Å²) >= 11 is 0. The monoisotopic (exact) mass is 173 g/mol. The Balaban J connectivity index is 3.82. The Morgan fingerprint density at radius 3 is 2.58 bits per heavy atom. The highest BCUT2D eigenvalue weighted by Gasteiger charge is 2.19. The molecule has 0 aromatic carbocycles. The highest BCUT2D eigenvalue weighted by molar-refractivity contribution is 5.85. The van der Waals surface area contributed by atoms with Crippen LogP contribution >= 0.6 is 0 Å². The summed E-state index contributed by atoms with van der Waals surface area (Å²) in [5.41, 5.74) is 5.58. The van der Waals surface area contributed by atoms with Crippen molar-refractivity contribution >= 4 is 5.78 Å². The van der Waals surface area contributed by atoms with Gasteiger partial charge in [0.15, 0.2) is 5.78 Å². The third-order valence-electron chi connectivity index (χ3n) is 1.92. The van der Waals surface area contributed by atoms with Crippen molar-refractivity contribution < 1.29 is 9.53 Å². The van der Waals surface area contributed by atoms with Gasteiger partial charge in [-0.1, -0.05) is 20.3 Å². The largest absolute Gasteiger partial charge is 0.383 e. The molecule has 0 saturated heterocycles. The SMILES string of the molecule is CCCC(C)C(=O)C(N)COC. The second-order valence-corrected chi connectivity index (χ2v) is 3.15. The van der Waals surface area contributed by atoms with Crippen LogP contribution in [0.4, 0.5) is 0 Å². The Labute approximate surface area is 74.3 Å². The zero-order valence-electron chi connectivity index (χ0n) is 8.17. The minimum absolute atomic E-state index is 0.0696. The van der Waals surface area contributed by atoms with E-state index in [9.17, 15) is 4.79 Å². The molecule has 0 saturated carbocycles. The molecule has 0 aliphatic rings. The van der Waals surface area contributed by atoms with Gasteiger partial charge in [0.1, 0.15) is 0 Å². The molecule has 0 amide bonds. The van der Waals surface area contributed by atoms with Gasteiger partial charge in [-0.15, -0.1) is 0 Å². The van der Waals surface area contributed by atoms with Crippen LogP contribution in [-0.2, 0) is 9.53 Å². The van der Waals surface area contributed by atoms with Crippen molar-refractivity contribution in [1.82, 2.24) is 0 Å². The minimum Gasteiger partial charge on any atom is -0.383 e. The lowest BCUT2D eigenvalue weighted by Gasteiger charge is -2.14. The van der Waals surface area contributed by atoms with E-state index in [4.69, 9.17) is 10.5 Å². The maximum atomic E-state index is 11.4. The summed E-state index contributed by atoms with van der Waals surface area (Å²) in [6, 6.07) is -0.448. The van der Waals surface area contributed by atoms with Gasteiger partial charge in [-0.2, -0.15) is 0 Å². The molecule has 2 N–H and O–H groups in total. The summed E-state index contributed by atoms with van der Waals surface area (Å²) in [5, 5.41) is 0. The van der Waals surface area contributed by atoms with Crippen LogP contribution in [0, 0.1) is 5.92 Å². The summed E-state index contributed by atoms with van der Waals surface area (Å²) in [7, 11) is 1.55. The summed E-state index contributed by atoms with van der Waals surface area (Å²) in [6.07, 6.45) is 1.93. The Kier molecular flexibility index (Phi) is 5.93. The van der Waals surface area contributed by atoms with E-state index in [1.54, 1.807) is 7.11 Å². The molecule has 0 rings (SSSR count). The number of ether oxygens (including phenoxy) is 1. The van der Waals surface area contributed by atoms with E-state index in [-0.39, 0.29) is 11.7 Å². The van der Waals surface area contributed by atoms with Crippen molar-refractivity contribution in [2.45, 2.75) is 32.7 Å². The second-order valence-electron chi connectivity index (χ2n) is 3.15. The van der Waals surface area contributed by atoms with Gasteiger partial charge in [0.25, 0.3) is 0 Å². The van der Waals surface area contributed by atoms with Gasteiger partial charge in [-0.25, -0.2) is 0 Å². The van der Waals surface area contributed by atoms with Crippen LogP contribution in [0.25, 0.3) is 0 Å². The van der Waals surface area contributed by atoms with E-state index in [2.05, 4.69) is 6.92 Å². The van der Waals surface area contributed by atoms with E-state index >= 15 is 0 Å². The topological polar surface area (TPSA) is 52.3 Å². The van der Waals surface area contributed by atoms with Crippen molar-refractivity contribution in [2.75, 3.05) is 13.7 Å². The van der Waals surface area contributed by atoms with Gasteiger partial charge >= 0.3 is 0 Å². The molecule has 72 valence electrons. The van der Waals surface area contributed by atoms with Crippen LogP contribution in [0.2, 0.25) is 0 Å². The fraction of sp³-hybridized carbons (Fsp3) is 0.889. The van der Waals surface area contributed by atoms with Crippen LogP contribution < -0.4 is 5.73 Å². The number of hydrogen-bond donors (Lipinski definition) is 1. The lowest BCUT2D eigenvalue weighted by Crippen LogP contribution is -2.38. The molecular weight excluding hydrogens is 154 g/mol. The summed E-state index contributed by atoms with van der Waals surface area (Å²) < 4.78 is 4.81. The first-order valence-corrected chi connectivity index (χ1v) is 4.41. The van der Waals surface area contributed by atoms with Gasteiger partial charge in [-0.05, 0) is 6.42 Å². The zero-order chi connectivity index (χ0) is 9.56. The lowest BCUT2D eigenvalue weighted by molar-refractivity contribution is -0.124. The molecule has 0 heterocycles. The summed E-state index contributed by atoms with van der Waals surface area (Å²) in [5.74, 6) is 0.179. The Hall–Kier alpha value is -0.410. The number of ketones is 1. The molecule has 0 aliphatic carbocycles. The van der Waals surface area contributed by atoms with Crippen molar-refractivity contribution in [3.05, 3.63) is 0 Å². The fourth-order valence-electron chi connectivity index (χ4n) is 1.20. The molecule has 0 radical (unpaired) electrons. The second kappa shape index (κ2) is 6.14. The van der Waals surface area contributed by atoms with Crippen LogP contribution in [0.5, 0.6) is 0 Å². The van der Waals surface area contributed by atoms with E-state index in [0.29, 0.717) is 6.61 Å². The quantitative estimate of drug-likeness (QED) is 0.651. The minimum atomic E-state index is -0.448. The first kappa shape index (κ1) is 11.6.